The number of aromatic nitrogens is 1. The van der Waals surface area contributed by atoms with E-state index in [9.17, 15) is 9.59 Å². The first-order chi connectivity index (χ1) is 8.79. The standard InChI is InChI=1S/C14H22N2O3/c1-6-16-8(2)7-12(11(16)5)13(17)15-10(4)9(3)14(18)19/h7,9-10H,6H2,1-5H3,(H,15,17)(H,18,19). The molecular formula is C14H22N2O3. The van der Waals surface area contributed by atoms with Crippen molar-refractivity contribution in [2.24, 2.45) is 5.92 Å². The summed E-state index contributed by atoms with van der Waals surface area (Å²) >= 11 is 0. The van der Waals surface area contributed by atoms with Crippen molar-refractivity contribution in [3.63, 3.8) is 0 Å². The van der Waals surface area contributed by atoms with E-state index < -0.39 is 17.9 Å². The van der Waals surface area contributed by atoms with Crippen LogP contribution in [0.2, 0.25) is 0 Å². The summed E-state index contributed by atoms with van der Waals surface area (Å²) in [5.41, 5.74) is 2.56. The molecule has 0 saturated heterocycles. The smallest absolute Gasteiger partial charge is 0.308 e. The van der Waals surface area contributed by atoms with Crippen LogP contribution in [0.25, 0.3) is 0 Å². The van der Waals surface area contributed by atoms with Crippen LogP contribution in [0.5, 0.6) is 0 Å². The Hall–Kier alpha value is -1.78. The Bertz CT molecular complexity index is 491. The van der Waals surface area contributed by atoms with Gasteiger partial charge >= 0.3 is 5.97 Å². The van der Waals surface area contributed by atoms with Gasteiger partial charge in [0, 0.05) is 24.0 Å². The van der Waals surface area contributed by atoms with E-state index >= 15 is 0 Å². The fourth-order valence-electron chi connectivity index (χ4n) is 2.14. The summed E-state index contributed by atoms with van der Waals surface area (Å²) in [7, 11) is 0. The molecule has 0 aliphatic heterocycles. The van der Waals surface area contributed by atoms with Gasteiger partial charge in [-0.3, -0.25) is 9.59 Å². The summed E-state index contributed by atoms with van der Waals surface area (Å²) in [6, 6.07) is 1.43. The summed E-state index contributed by atoms with van der Waals surface area (Å²) in [6.45, 7) is 9.98. The minimum absolute atomic E-state index is 0.214. The number of nitrogens with zero attached hydrogens (tertiary/aromatic N) is 1. The van der Waals surface area contributed by atoms with Gasteiger partial charge in [0.15, 0.2) is 0 Å². The number of carboxylic acid groups (broad SMARTS) is 1. The fourth-order valence-corrected chi connectivity index (χ4v) is 2.14. The average molecular weight is 266 g/mol. The van der Waals surface area contributed by atoms with Gasteiger partial charge in [0.25, 0.3) is 5.91 Å². The molecule has 1 aromatic rings. The molecule has 19 heavy (non-hydrogen) atoms. The summed E-state index contributed by atoms with van der Waals surface area (Å²) in [5.74, 6) is -1.74. The minimum Gasteiger partial charge on any atom is -0.481 e. The molecule has 5 nitrogen and oxygen atoms in total. The lowest BCUT2D eigenvalue weighted by molar-refractivity contribution is -0.141. The molecule has 1 aromatic heterocycles. The summed E-state index contributed by atoms with van der Waals surface area (Å²) in [5, 5.41) is 11.7. The van der Waals surface area contributed by atoms with E-state index in [1.165, 1.54) is 0 Å². The summed E-state index contributed by atoms with van der Waals surface area (Å²) in [6.07, 6.45) is 0. The van der Waals surface area contributed by atoms with Gasteiger partial charge in [0.1, 0.15) is 0 Å². The van der Waals surface area contributed by atoms with E-state index in [4.69, 9.17) is 5.11 Å². The molecule has 1 heterocycles. The van der Waals surface area contributed by atoms with Crippen LogP contribution in [-0.4, -0.2) is 27.6 Å². The van der Waals surface area contributed by atoms with Crippen LogP contribution in [-0.2, 0) is 11.3 Å². The van der Waals surface area contributed by atoms with Crippen molar-refractivity contribution in [3.05, 3.63) is 23.0 Å². The number of carboxylic acids is 1. The molecule has 0 aliphatic carbocycles. The van der Waals surface area contributed by atoms with E-state index in [-0.39, 0.29) is 5.91 Å². The van der Waals surface area contributed by atoms with Crippen molar-refractivity contribution in [2.75, 3.05) is 0 Å². The van der Waals surface area contributed by atoms with Crippen LogP contribution < -0.4 is 5.32 Å². The Balaban J connectivity index is 2.87. The van der Waals surface area contributed by atoms with E-state index in [1.807, 2.05) is 26.8 Å². The Labute approximate surface area is 113 Å². The van der Waals surface area contributed by atoms with Gasteiger partial charge in [-0.05, 0) is 40.7 Å². The number of amides is 1. The largest absolute Gasteiger partial charge is 0.481 e. The predicted octanol–water partition coefficient (Wildman–Crippen LogP) is 1.96. The number of carbonyl (C=O) groups is 2. The Morgan fingerprint density at radius 2 is 1.95 bits per heavy atom. The second-order valence-electron chi connectivity index (χ2n) is 4.92. The van der Waals surface area contributed by atoms with Gasteiger partial charge in [-0.2, -0.15) is 0 Å². The Kier molecular flexibility index (Phi) is 4.75. The van der Waals surface area contributed by atoms with Crippen LogP contribution >= 0.6 is 0 Å². The molecule has 1 amide bonds. The second-order valence-corrected chi connectivity index (χ2v) is 4.92. The molecule has 106 valence electrons. The summed E-state index contributed by atoms with van der Waals surface area (Å²) < 4.78 is 2.06. The SMILES string of the molecule is CCn1c(C)cc(C(=O)NC(C)C(C)C(=O)O)c1C. The molecule has 2 atom stereocenters. The van der Waals surface area contributed by atoms with E-state index in [2.05, 4.69) is 9.88 Å². The van der Waals surface area contributed by atoms with E-state index in [1.54, 1.807) is 13.8 Å². The third-order valence-electron chi connectivity index (χ3n) is 3.63. The van der Waals surface area contributed by atoms with Gasteiger partial charge in [0.05, 0.1) is 11.5 Å². The number of hydrogen-bond donors (Lipinski definition) is 2. The maximum Gasteiger partial charge on any atom is 0.308 e. The highest BCUT2D eigenvalue weighted by molar-refractivity contribution is 5.96. The number of aryl methyl sites for hydroxylation is 1. The van der Waals surface area contributed by atoms with Crippen LogP contribution in [0.1, 0.15) is 42.5 Å². The first-order valence-corrected chi connectivity index (χ1v) is 6.50. The van der Waals surface area contributed by atoms with Gasteiger partial charge in [-0.1, -0.05) is 0 Å². The predicted molar refractivity (Wildman–Crippen MR) is 73.3 cm³/mol. The van der Waals surface area contributed by atoms with Crippen molar-refractivity contribution in [2.45, 2.75) is 47.2 Å². The van der Waals surface area contributed by atoms with Crippen LogP contribution in [0.3, 0.4) is 0 Å². The maximum absolute atomic E-state index is 12.2. The molecule has 0 fully saturated rings. The highest BCUT2D eigenvalue weighted by Gasteiger charge is 2.23. The zero-order valence-corrected chi connectivity index (χ0v) is 12.2. The van der Waals surface area contributed by atoms with Crippen LogP contribution in [0.15, 0.2) is 6.07 Å². The monoisotopic (exact) mass is 266 g/mol. The molecule has 2 unspecified atom stereocenters. The third-order valence-corrected chi connectivity index (χ3v) is 3.63. The molecule has 0 bridgehead atoms. The zero-order chi connectivity index (χ0) is 14.7. The van der Waals surface area contributed by atoms with Crippen molar-refractivity contribution in [3.8, 4) is 0 Å². The van der Waals surface area contributed by atoms with Crippen molar-refractivity contribution < 1.29 is 14.7 Å². The summed E-state index contributed by atoms with van der Waals surface area (Å²) in [4.78, 5) is 23.0. The fraction of sp³-hybridized carbons (Fsp3) is 0.571. The zero-order valence-electron chi connectivity index (χ0n) is 12.2. The molecule has 0 saturated carbocycles. The van der Waals surface area contributed by atoms with Crippen molar-refractivity contribution in [1.82, 2.24) is 9.88 Å². The number of aliphatic carboxylic acids is 1. The lowest BCUT2D eigenvalue weighted by Gasteiger charge is -2.17. The molecule has 0 radical (unpaired) electrons. The minimum atomic E-state index is -0.910. The molecule has 0 spiro atoms. The first-order valence-electron chi connectivity index (χ1n) is 6.50. The molecular weight excluding hydrogens is 244 g/mol. The average Bonchev–Trinajstić information content (AvgIpc) is 2.63. The lowest BCUT2D eigenvalue weighted by atomic mass is 10.0. The maximum atomic E-state index is 12.2. The lowest BCUT2D eigenvalue weighted by Crippen LogP contribution is -2.40. The molecule has 0 aliphatic rings. The highest BCUT2D eigenvalue weighted by atomic mass is 16.4. The van der Waals surface area contributed by atoms with Gasteiger partial charge in [-0.15, -0.1) is 0 Å². The second kappa shape index (κ2) is 5.91. The third kappa shape index (κ3) is 3.16. The van der Waals surface area contributed by atoms with Gasteiger partial charge < -0.3 is 15.0 Å². The number of rotatable bonds is 5. The number of carbonyl (C=O) groups excluding carboxylic acids is 1. The molecule has 1 rings (SSSR count). The van der Waals surface area contributed by atoms with Crippen molar-refractivity contribution in [1.29, 1.82) is 0 Å². The van der Waals surface area contributed by atoms with Crippen molar-refractivity contribution >= 4 is 11.9 Å². The van der Waals surface area contributed by atoms with Crippen LogP contribution in [0, 0.1) is 19.8 Å². The number of nitrogens with one attached hydrogen (secondary N) is 1. The van der Waals surface area contributed by atoms with E-state index in [0.29, 0.717) is 5.56 Å². The normalized spacial score (nSPS) is 13.9. The molecule has 0 aromatic carbocycles. The highest BCUT2D eigenvalue weighted by Crippen LogP contribution is 2.15. The Morgan fingerprint density at radius 1 is 1.37 bits per heavy atom. The quantitative estimate of drug-likeness (QED) is 0.855. The molecule has 2 N–H and O–H groups in total. The molecule has 5 heteroatoms. The van der Waals surface area contributed by atoms with Crippen LogP contribution in [0.4, 0.5) is 0 Å². The first kappa shape index (κ1) is 15.3. The van der Waals surface area contributed by atoms with Gasteiger partial charge in [-0.25, -0.2) is 0 Å². The topological polar surface area (TPSA) is 71.3 Å². The van der Waals surface area contributed by atoms with E-state index in [0.717, 1.165) is 17.9 Å². The van der Waals surface area contributed by atoms with Gasteiger partial charge in [0.2, 0.25) is 0 Å². The Morgan fingerprint density at radius 3 is 2.37 bits per heavy atom. The number of hydrogen-bond acceptors (Lipinski definition) is 2.